The molecule has 316 valence electrons. The van der Waals surface area contributed by atoms with Crippen molar-refractivity contribution >= 4 is 76.1 Å². The minimum Gasteiger partial charge on any atom is -0.454 e. The monoisotopic (exact) mass is 866 g/mol. The van der Waals surface area contributed by atoms with Gasteiger partial charge in [0.25, 0.3) is 0 Å². The van der Waals surface area contributed by atoms with E-state index >= 15 is 0 Å². The topological polar surface area (TPSA) is 56.7 Å². The summed E-state index contributed by atoms with van der Waals surface area (Å²) in [5.41, 5.74) is 12.2. The number of hydrogen-bond donors (Lipinski definition) is 0. The fourth-order valence-electron chi connectivity index (χ4n) is 10.3. The van der Waals surface area contributed by atoms with E-state index in [0.29, 0.717) is 17.5 Å². The Morgan fingerprint density at radius 3 is 1.47 bits per heavy atom. The fourth-order valence-corrected chi connectivity index (χ4v) is 10.3. The van der Waals surface area contributed by atoms with Crippen LogP contribution in [0, 0.1) is 0 Å². The van der Waals surface area contributed by atoms with Crippen LogP contribution in [-0.4, -0.2) is 19.5 Å². The quantitative estimate of drug-likeness (QED) is 0.167. The lowest BCUT2D eigenvalue weighted by atomic mass is 10.0. The Balaban J connectivity index is 0.951. The number of para-hydroxylation sites is 1. The molecule has 11 aromatic carbocycles. The van der Waals surface area contributed by atoms with Crippen molar-refractivity contribution < 1.29 is 4.42 Å². The minimum atomic E-state index is 0.599. The number of aromatic nitrogens is 4. The standard InChI is InChI=1S/C63H38N4O/c1-3-12-39(13-4-1)41-22-27-45(28-23-41)61-64-62(46-29-24-42(25-30-46)40-14-5-2-6-15-40)66-63(65-61)49-31-26-44-33-35-57-59(52(44)37-49)51-20-11-21-55(60(51)68-57)67-54-34-32-43-16-9-10-19-50(43)58(54)53-36-47-17-7-8-18-48(47)38-56(53)67/h1-38H. The summed E-state index contributed by atoms with van der Waals surface area (Å²) in [6, 6.07) is 81.6. The van der Waals surface area contributed by atoms with Crippen molar-refractivity contribution in [1.82, 2.24) is 19.5 Å². The number of furan rings is 1. The average molecular weight is 867 g/mol. The molecule has 0 aliphatic heterocycles. The lowest BCUT2D eigenvalue weighted by Crippen LogP contribution is -2.00. The van der Waals surface area contributed by atoms with Crippen LogP contribution in [0.1, 0.15) is 0 Å². The van der Waals surface area contributed by atoms with Crippen LogP contribution >= 0.6 is 0 Å². The van der Waals surface area contributed by atoms with E-state index in [1.54, 1.807) is 0 Å². The summed E-state index contributed by atoms with van der Waals surface area (Å²) in [6.45, 7) is 0. The van der Waals surface area contributed by atoms with Crippen LogP contribution in [0.25, 0.3) is 138 Å². The molecular formula is C63H38N4O. The number of hydrogen-bond acceptors (Lipinski definition) is 4. The maximum absolute atomic E-state index is 7.01. The van der Waals surface area contributed by atoms with Gasteiger partial charge < -0.3 is 8.98 Å². The van der Waals surface area contributed by atoms with Crippen molar-refractivity contribution in [3.63, 3.8) is 0 Å². The molecule has 5 nitrogen and oxygen atoms in total. The molecular weight excluding hydrogens is 829 g/mol. The molecule has 0 aliphatic rings. The maximum Gasteiger partial charge on any atom is 0.164 e. The highest BCUT2D eigenvalue weighted by atomic mass is 16.3. The van der Waals surface area contributed by atoms with E-state index in [4.69, 9.17) is 19.4 Å². The van der Waals surface area contributed by atoms with Crippen molar-refractivity contribution in [1.29, 1.82) is 0 Å². The summed E-state index contributed by atoms with van der Waals surface area (Å²) in [4.78, 5) is 15.5. The van der Waals surface area contributed by atoms with Crippen LogP contribution < -0.4 is 0 Å². The van der Waals surface area contributed by atoms with E-state index in [-0.39, 0.29) is 0 Å². The molecule has 3 heterocycles. The second kappa shape index (κ2) is 15.2. The molecule has 0 amide bonds. The van der Waals surface area contributed by atoms with Gasteiger partial charge in [-0.25, -0.2) is 15.0 Å². The Morgan fingerprint density at radius 2 is 0.794 bits per heavy atom. The first-order valence-corrected chi connectivity index (χ1v) is 23.0. The highest BCUT2D eigenvalue weighted by Crippen LogP contribution is 2.43. The molecule has 14 rings (SSSR count). The molecule has 0 unspecified atom stereocenters. The molecule has 0 radical (unpaired) electrons. The second-order valence-corrected chi connectivity index (χ2v) is 17.6. The third-order valence-corrected chi connectivity index (χ3v) is 13.6. The van der Waals surface area contributed by atoms with E-state index < -0.39 is 0 Å². The molecule has 0 spiro atoms. The first kappa shape index (κ1) is 38.1. The van der Waals surface area contributed by atoms with Crippen LogP contribution in [0.4, 0.5) is 0 Å². The molecule has 0 fully saturated rings. The van der Waals surface area contributed by atoms with Gasteiger partial charge in [-0.3, -0.25) is 0 Å². The molecule has 3 aromatic heterocycles. The van der Waals surface area contributed by atoms with Crippen LogP contribution in [0.5, 0.6) is 0 Å². The summed E-state index contributed by atoms with van der Waals surface area (Å²) in [7, 11) is 0. The summed E-state index contributed by atoms with van der Waals surface area (Å²) in [5, 5.41) is 11.6. The van der Waals surface area contributed by atoms with Crippen molar-refractivity contribution in [2.75, 3.05) is 0 Å². The summed E-state index contributed by atoms with van der Waals surface area (Å²) in [5.74, 6) is 1.82. The van der Waals surface area contributed by atoms with Crippen molar-refractivity contribution in [3.8, 4) is 62.1 Å². The molecule has 0 atom stereocenters. The Hall–Kier alpha value is -9.19. The zero-order valence-corrected chi connectivity index (χ0v) is 36.6. The lowest BCUT2D eigenvalue weighted by molar-refractivity contribution is 0.666. The second-order valence-electron chi connectivity index (χ2n) is 17.6. The molecule has 68 heavy (non-hydrogen) atoms. The normalized spacial score (nSPS) is 11.8. The average Bonchev–Trinajstić information content (AvgIpc) is 3.96. The van der Waals surface area contributed by atoms with Gasteiger partial charge in [-0.2, -0.15) is 0 Å². The van der Waals surface area contributed by atoms with Crippen LogP contribution in [0.3, 0.4) is 0 Å². The van der Waals surface area contributed by atoms with Gasteiger partial charge in [-0.15, -0.1) is 0 Å². The summed E-state index contributed by atoms with van der Waals surface area (Å²) in [6.07, 6.45) is 0. The van der Waals surface area contributed by atoms with Gasteiger partial charge in [0.15, 0.2) is 23.1 Å². The smallest absolute Gasteiger partial charge is 0.164 e. The van der Waals surface area contributed by atoms with E-state index in [0.717, 1.165) is 88.4 Å². The number of benzene rings is 11. The largest absolute Gasteiger partial charge is 0.454 e. The van der Waals surface area contributed by atoms with Gasteiger partial charge >= 0.3 is 0 Å². The fraction of sp³-hybridized carbons (Fsp3) is 0. The third kappa shape index (κ3) is 6.14. The molecule has 5 heteroatoms. The molecule has 0 bridgehead atoms. The number of nitrogens with zero attached hydrogens (tertiary/aromatic N) is 4. The Morgan fingerprint density at radius 1 is 0.294 bits per heavy atom. The van der Waals surface area contributed by atoms with Crippen molar-refractivity contribution in [2.24, 2.45) is 0 Å². The minimum absolute atomic E-state index is 0.599. The predicted octanol–water partition coefficient (Wildman–Crippen LogP) is 16.7. The van der Waals surface area contributed by atoms with Gasteiger partial charge in [0.2, 0.25) is 0 Å². The van der Waals surface area contributed by atoms with Crippen LogP contribution in [-0.2, 0) is 0 Å². The van der Waals surface area contributed by atoms with Gasteiger partial charge in [-0.1, -0.05) is 194 Å². The van der Waals surface area contributed by atoms with Crippen molar-refractivity contribution in [2.45, 2.75) is 0 Å². The number of rotatable bonds is 6. The van der Waals surface area contributed by atoms with E-state index in [9.17, 15) is 0 Å². The molecule has 14 aromatic rings. The van der Waals surface area contributed by atoms with Crippen LogP contribution in [0.2, 0.25) is 0 Å². The highest BCUT2D eigenvalue weighted by Gasteiger charge is 2.21. The summed E-state index contributed by atoms with van der Waals surface area (Å²) >= 11 is 0. The third-order valence-electron chi connectivity index (χ3n) is 13.6. The van der Waals surface area contributed by atoms with Gasteiger partial charge in [-0.05, 0) is 91.0 Å². The Labute approximate surface area is 390 Å². The SMILES string of the molecule is c1ccc(-c2ccc(-c3nc(-c4ccc(-c5ccccc5)cc4)nc(-c4ccc5ccc6oc7c(-n8c9cc%10ccccc%10cc9c9c%10ccccc%10ccc98)cccc7c6c5c4)n3)cc2)cc1. The summed E-state index contributed by atoms with van der Waals surface area (Å²) < 4.78 is 9.41. The molecule has 0 saturated heterocycles. The zero-order chi connectivity index (χ0) is 44.7. The maximum atomic E-state index is 7.01. The Kier molecular flexibility index (Phi) is 8.52. The predicted molar refractivity (Wildman–Crippen MR) is 281 cm³/mol. The van der Waals surface area contributed by atoms with E-state index in [1.807, 2.05) is 12.1 Å². The van der Waals surface area contributed by atoms with Gasteiger partial charge in [0.05, 0.1) is 16.7 Å². The first-order chi connectivity index (χ1) is 33.7. The van der Waals surface area contributed by atoms with Crippen molar-refractivity contribution in [3.05, 3.63) is 231 Å². The zero-order valence-electron chi connectivity index (χ0n) is 36.6. The number of fused-ring (bicyclic) bond motifs is 11. The van der Waals surface area contributed by atoms with Gasteiger partial charge in [0.1, 0.15) is 5.58 Å². The Bertz CT molecular complexity index is 4190. The molecule has 0 saturated carbocycles. The molecule has 0 N–H and O–H groups in total. The van der Waals surface area contributed by atoms with Crippen LogP contribution in [0.15, 0.2) is 235 Å². The molecule has 0 aliphatic carbocycles. The lowest BCUT2D eigenvalue weighted by Gasteiger charge is -2.11. The highest BCUT2D eigenvalue weighted by molar-refractivity contribution is 6.25. The van der Waals surface area contributed by atoms with E-state index in [2.05, 4.69) is 223 Å². The van der Waals surface area contributed by atoms with Gasteiger partial charge in [0, 0.05) is 38.2 Å². The van der Waals surface area contributed by atoms with E-state index in [1.165, 1.54) is 32.3 Å². The first-order valence-electron chi connectivity index (χ1n) is 23.0.